The van der Waals surface area contributed by atoms with Crippen molar-refractivity contribution in [3.05, 3.63) is 83.4 Å². The smallest absolute Gasteiger partial charge is 0.264 e. The molecule has 1 aliphatic heterocycles. The van der Waals surface area contributed by atoms with Crippen molar-refractivity contribution in [2.75, 3.05) is 29.8 Å². The van der Waals surface area contributed by atoms with Crippen molar-refractivity contribution in [3.8, 4) is 17.1 Å². The maximum Gasteiger partial charge on any atom is 0.264 e. The second-order valence-corrected chi connectivity index (χ2v) is 16.9. The van der Waals surface area contributed by atoms with Gasteiger partial charge in [-0.1, -0.05) is 65.8 Å². The Morgan fingerprint density at radius 3 is 2.22 bits per heavy atom. The molecule has 11 nitrogen and oxygen atoms in total. The zero-order valence-electron chi connectivity index (χ0n) is 29.9. The van der Waals surface area contributed by atoms with Crippen LogP contribution in [0.1, 0.15) is 75.3 Å². The highest BCUT2D eigenvalue weighted by atomic mass is 32.2. The Bertz CT molecular complexity index is 1910. The number of aryl methyl sites for hydroxylation is 2. The molecule has 2 aromatic carbocycles. The molecule has 0 aliphatic carbocycles. The number of hydrogen-bond donors (Lipinski definition) is 1. The van der Waals surface area contributed by atoms with Gasteiger partial charge in [0.15, 0.2) is 0 Å². The van der Waals surface area contributed by atoms with Crippen LogP contribution in [0.15, 0.2) is 65.8 Å². The molecule has 4 aromatic rings. The molecule has 0 saturated carbocycles. The fraction of sp³-hybridized carbons (Fsp3) is 0.432. The highest BCUT2D eigenvalue weighted by molar-refractivity contribution is 7.92. The Morgan fingerprint density at radius 1 is 0.939 bits per heavy atom. The van der Waals surface area contributed by atoms with Gasteiger partial charge in [0.2, 0.25) is 11.8 Å². The van der Waals surface area contributed by atoms with Crippen LogP contribution in [0, 0.1) is 24.7 Å². The lowest BCUT2D eigenvalue weighted by Gasteiger charge is -2.35. The topological polar surface area (TPSA) is 131 Å². The number of ether oxygens (including phenoxy) is 1. The summed E-state index contributed by atoms with van der Waals surface area (Å²) >= 11 is 0. The number of sulfonamides is 1. The standard InChI is InChI=1S/C37H47N7O4S/c1-24-12-10-13-25(2)33(24)30-17-32-41-35(40-30)42-49(46,47)29-15-11-14-26(16-29)34(45)44(27(22-48-32)18-36(3,4)5)21-31-38-19-28(20-39-31)43(9)23-37(6,7)8/h10-17,19-20,27H,18,21-23H2,1-9H3,(H,40,41,42)/t27-/m1/s1. The summed E-state index contributed by atoms with van der Waals surface area (Å²) in [5.74, 6) is 0.155. The van der Waals surface area contributed by atoms with Crippen LogP contribution in [0.2, 0.25) is 0 Å². The van der Waals surface area contributed by atoms with Crippen LogP contribution < -0.4 is 14.4 Å². The quantitative estimate of drug-likeness (QED) is 0.236. The average Bonchev–Trinajstić information content (AvgIpc) is 3.00. The predicted molar refractivity (Wildman–Crippen MR) is 192 cm³/mol. The lowest BCUT2D eigenvalue weighted by Crippen LogP contribution is -2.45. The molecular formula is C37H47N7O4S. The summed E-state index contributed by atoms with van der Waals surface area (Å²) in [6.07, 6.45) is 4.11. The normalized spacial score (nSPS) is 16.5. The van der Waals surface area contributed by atoms with Crippen LogP contribution in [0.5, 0.6) is 5.88 Å². The van der Waals surface area contributed by atoms with E-state index >= 15 is 0 Å². The summed E-state index contributed by atoms with van der Waals surface area (Å²) < 4.78 is 36.3. The third kappa shape index (κ3) is 8.91. The first-order valence-electron chi connectivity index (χ1n) is 16.4. The van der Waals surface area contributed by atoms with E-state index < -0.39 is 16.1 Å². The molecule has 49 heavy (non-hydrogen) atoms. The van der Waals surface area contributed by atoms with Crippen molar-refractivity contribution in [2.45, 2.75) is 79.3 Å². The Balaban J connectivity index is 1.61. The van der Waals surface area contributed by atoms with E-state index in [9.17, 15) is 13.2 Å². The minimum atomic E-state index is -4.18. The Morgan fingerprint density at radius 2 is 1.59 bits per heavy atom. The third-order valence-electron chi connectivity index (χ3n) is 8.19. The molecule has 3 heterocycles. The first-order valence-corrected chi connectivity index (χ1v) is 17.9. The summed E-state index contributed by atoms with van der Waals surface area (Å²) in [6, 6.07) is 13.2. The Hall–Kier alpha value is -4.58. The van der Waals surface area contributed by atoms with Crippen LogP contribution >= 0.6 is 0 Å². The van der Waals surface area contributed by atoms with Crippen LogP contribution in [-0.4, -0.2) is 65.4 Å². The van der Waals surface area contributed by atoms with E-state index in [4.69, 9.17) is 4.74 Å². The molecule has 0 radical (unpaired) electrons. The SMILES string of the molecule is Cc1cccc(C)c1-c1cc2nc(n1)NS(=O)(=O)c1cccc(c1)C(=O)N(Cc1ncc(N(C)CC(C)(C)C)cn1)[C@H](CC(C)(C)C)CO2. The number of nitrogens with zero attached hydrogens (tertiary/aromatic N) is 6. The number of fused-ring (bicyclic) bond motifs is 4. The van der Waals surface area contributed by atoms with Crippen molar-refractivity contribution in [3.63, 3.8) is 0 Å². The van der Waals surface area contributed by atoms with Gasteiger partial charge in [-0.3, -0.25) is 4.79 Å². The average molecular weight is 686 g/mol. The van der Waals surface area contributed by atoms with Crippen LogP contribution in [-0.2, 0) is 16.6 Å². The summed E-state index contributed by atoms with van der Waals surface area (Å²) in [4.78, 5) is 36.5. The van der Waals surface area contributed by atoms with Gasteiger partial charge in [0.1, 0.15) is 12.4 Å². The van der Waals surface area contributed by atoms with Crippen molar-refractivity contribution >= 4 is 27.6 Å². The first-order chi connectivity index (χ1) is 22.9. The van der Waals surface area contributed by atoms with Gasteiger partial charge in [-0.15, -0.1) is 0 Å². The molecular weight excluding hydrogens is 639 g/mol. The number of carbonyl (C=O) groups excluding carboxylic acids is 1. The fourth-order valence-electron chi connectivity index (χ4n) is 6.13. The van der Waals surface area contributed by atoms with E-state index in [1.807, 2.05) is 39.1 Å². The largest absolute Gasteiger partial charge is 0.475 e. The van der Waals surface area contributed by atoms with Gasteiger partial charge >= 0.3 is 0 Å². The number of benzene rings is 2. The maximum atomic E-state index is 14.4. The maximum absolute atomic E-state index is 14.4. The molecule has 5 rings (SSSR count). The van der Waals surface area contributed by atoms with Crippen LogP contribution in [0.25, 0.3) is 11.3 Å². The van der Waals surface area contributed by atoms with Gasteiger partial charge in [0.25, 0.3) is 15.9 Å². The molecule has 0 unspecified atom stereocenters. The molecule has 1 atom stereocenters. The van der Waals surface area contributed by atoms with Gasteiger partial charge in [-0.2, -0.15) is 4.98 Å². The number of anilines is 2. The fourth-order valence-corrected chi connectivity index (χ4v) is 7.12. The van der Waals surface area contributed by atoms with Gasteiger partial charge in [-0.05, 0) is 60.4 Å². The Labute approximate surface area is 290 Å². The molecule has 1 amide bonds. The molecule has 0 saturated heterocycles. The monoisotopic (exact) mass is 685 g/mol. The number of hydrogen-bond acceptors (Lipinski definition) is 9. The highest BCUT2D eigenvalue weighted by Gasteiger charge is 2.32. The van der Waals surface area contributed by atoms with E-state index in [-0.39, 0.29) is 52.2 Å². The lowest BCUT2D eigenvalue weighted by atomic mass is 9.87. The molecule has 4 bridgehead atoms. The number of nitrogens with one attached hydrogen (secondary N) is 1. The van der Waals surface area contributed by atoms with Crippen molar-refractivity contribution in [2.24, 2.45) is 10.8 Å². The summed E-state index contributed by atoms with van der Waals surface area (Å²) in [7, 11) is -2.17. The van der Waals surface area contributed by atoms with E-state index in [1.54, 1.807) is 35.5 Å². The van der Waals surface area contributed by atoms with Gasteiger partial charge in [0.05, 0.1) is 41.3 Å². The third-order valence-corrected chi connectivity index (χ3v) is 9.51. The molecule has 1 aliphatic rings. The van der Waals surface area contributed by atoms with Crippen LogP contribution in [0.4, 0.5) is 11.6 Å². The van der Waals surface area contributed by atoms with E-state index in [1.165, 1.54) is 12.1 Å². The molecule has 0 spiro atoms. The second kappa shape index (κ2) is 13.7. The lowest BCUT2D eigenvalue weighted by molar-refractivity contribution is 0.0505. The van der Waals surface area contributed by atoms with Crippen molar-refractivity contribution in [1.29, 1.82) is 0 Å². The van der Waals surface area contributed by atoms with E-state index in [2.05, 4.69) is 71.1 Å². The summed E-state index contributed by atoms with van der Waals surface area (Å²) in [5.41, 5.74) is 4.29. The van der Waals surface area contributed by atoms with Gasteiger partial charge in [-0.25, -0.2) is 28.1 Å². The molecule has 2 aromatic heterocycles. The van der Waals surface area contributed by atoms with Crippen LogP contribution in [0.3, 0.4) is 0 Å². The predicted octanol–water partition coefficient (Wildman–Crippen LogP) is 6.67. The summed E-state index contributed by atoms with van der Waals surface area (Å²) in [6.45, 7) is 17.8. The van der Waals surface area contributed by atoms with E-state index in [0.717, 1.165) is 28.9 Å². The highest BCUT2D eigenvalue weighted by Crippen LogP contribution is 2.32. The van der Waals surface area contributed by atoms with Gasteiger partial charge < -0.3 is 14.5 Å². The van der Waals surface area contributed by atoms with Crippen molar-refractivity contribution < 1.29 is 17.9 Å². The zero-order valence-corrected chi connectivity index (χ0v) is 30.7. The number of rotatable bonds is 6. The molecule has 12 heteroatoms. The summed E-state index contributed by atoms with van der Waals surface area (Å²) in [5, 5.41) is 0. The van der Waals surface area contributed by atoms with Crippen molar-refractivity contribution in [1.82, 2.24) is 24.8 Å². The number of carbonyl (C=O) groups is 1. The number of aromatic nitrogens is 4. The number of amides is 1. The Kier molecular flexibility index (Phi) is 10.0. The molecule has 1 N–H and O–H groups in total. The second-order valence-electron chi connectivity index (χ2n) is 15.3. The molecule has 260 valence electrons. The van der Waals surface area contributed by atoms with E-state index in [0.29, 0.717) is 17.9 Å². The zero-order chi connectivity index (χ0) is 35.7. The molecule has 0 fully saturated rings. The minimum Gasteiger partial charge on any atom is -0.475 e. The van der Waals surface area contributed by atoms with Gasteiger partial charge in [0, 0.05) is 30.8 Å². The first kappa shape index (κ1) is 35.7. The minimum absolute atomic E-state index is 0.0831.